The number of aliphatic hydroxyl groups is 1. The van der Waals surface area contributed by atoms with E-state index < -0.39 is 42.5 Å². The van der Waals surface area contributed by atoms with Gasteiger partial charge in [0.1, 0.15) is 17.1 Å². The molecule has 2 amide bonds. The molecule has 2 aliphatic heterocycles. The number of ether oxygens (including phenoxy) is 1. The molecular weight excluding hydrogens is 504 g/mol. The van der Waals surface area contributed by atoms with Crippen LogP contribution >= 0.6 is 23.1 Å². The van der Waals surface area contributed by atoms with E-state index in [0.29, 0.717) is 14.8 Å². The number of aliphatic hydroxyl groups excluding tert-OH is 1. The summed E-state index contributed by atoms with van der Waals surface area (Å²) in [5.74, 6) is -3.08. The number of hydrogen-bond acceptors (Lipinski definition) is 8. The summed E-state index contributed by atoms with van der Waals surface area (Å²) in [5, 5.41) is 23.9. The Morgan fingerprint density at radius 2 is 2.00 bits per heavy atom. The third-order valence-electron chi connectivity index (χ3n) is 5.83. The lowest BCUT2D eigenvalue weighted by Crippen LogP contribution is -2.63. The number of nitrogens with zero attached hydrogens (tertiary/aromatic N) is 2. The number of aromatic nitrogens is 1. The van der Waals surface area contributed by atoms with Crippen molar-refractivity contribution in [3.05, 3.63) is 51.5 Å². The topological polar surface area (TPSA) is 129 Å². The van der Waals surface area contributed by atoms with Crippen molar-refractivity contribution in [2.45, 2.75) is 43.5 Å². The Labute approximate surface area is 206 Å². The lowest BCUT2D eigenvalue weighted by Gasteiger charge is -2.46. The minimum atomic E-state index is -2.92. The molecule has 13 heteroatoms. The summed E-state index contributed by atoms with van der Waals surface area (Å²) in [4.78, 5) is 42.8. The van der Waals surface area contributed by atoms with E-state index in [4.69, 9.17) is 0 Å². The quantitative estimate of drug-likeness (QED) is 0.427. The number of thiazole rings is 1. The van der Waals surface area contributed by atoms with Gasteiger partial charge in [0.2, 0.25) is 5.91 Å². The van der Waals surface area contributed by atoms with Gasteiger partial charge in [-0.15, -0.1) is 11.3 Å². The molecule has 3 N–H and O–H groups in total. The normalized spacial score (nSPS) is 22.2. The fraction of sp³-hybridized carbons (Fsp3) is 0.364. The first-order chi connectivity index (χ1) is 16.6. The number of carboxylic acids is 1. The van der Waals surface area contributed by atoms with Crippen LogP contribution in [0.5, 0.6) is 5.75 Å². The van der Waals surface area contributed by atoms with E-state index in [-0.39, 0.29) is 29.6 Å². The van der Waals surface area contributed by atoms with Gasteiger partial charge in [0.15, 0.2) is 4.34 Å². The van der Waals surface area contributed by atoms with Crippen LogP contribution in [-0.2, 0) is 16.1 Å². The molecule has 0 unspecified atom stereocenters. The molecule has 0 bridgehead atoms. The van der Waals surface area contributed by atoms with Crippen molar-refractivity contribution in [2.75, 3.05) is 0 Å². The number of carboxylic acid groups (broad SMARTS) is 1. The zero-order chi connectivity index (χ0) is 25.4. The van der Waals surface area contributed by atoms with Gasteiger partial charge in [-0.25, -0.2) is 9.78 Å². The minimum Gasteiger partial charge on any atom is -0.477 e. The van der Waals surface area contributed by atoms with Crippen LogP contribution in [0.25, 0.3) is 0 Å². The Bertz CT molecular complexity index is 1180. The highest BCUT2D eigenvalue weighted by Gasteiger charge is 2.60. The number of β-lactam (4-membered cyclic amide) rings is 1. The SMILES string of the molecule is C[C@@H](O)[C@H]1C(=O)N2C(C(=O)O)=C(Sc3nc(C(=O)NCc4ccc(OC(F)F)cc4)cs3)[C@H](C)[C@H]12. The Morgan fingerprint density at radius 1 is 1.31 bits per heavy atom. The largest absolute Gasteiger partial charge is 0.477 e. The molecule has 4 rings (SSSR count). The van der Waals surface area contributed by atoms with Crippen LogP contribution in [-0.4, -0.2) is 56.6 Å². The van der Waals surface area contributed by atoms with Crippen molar-refractivity contribution in [3.8, 4) is 5.75 Å². The van der Waals surface area contributed by atoms with Gasteiger partial charge in [0.05, 0.1) is 18.1 Å². The predicted octanol–water partition coefficient (Wildman–Crippen LogP) is 2.92. The first-order valence-electron chi connectivity index (χ1n) is 10.5. The molecule has 35 heavy (non-hydrogen) atoms. The molecule has 1 saturated heterocycles. The maximum absolute atomic E-state index is 12.5. The van der Waals surface area contributed by atoms with Crippen LogP contribution in [0.3, 0.4) is 0 Å². The van der Waals surface area contributed by atoms with Gasteiger partial charge in [-0.05, 0) is 24.6 Å². The van der Waals surface area contributed by atoms with Crippen molar-refractivity contribution in [3.63, 3.8) is 0 Å². The van der Waals surface area contributed by atoms with E-state index in [0.717, 1.165) is 23.1 Å². The number of alkyl halides is 2. The number of carbonyl (C=O) groups is 3. The Kier molecular flexibility index (Phi) is 7.10. The van der Waals surface area contributed by atoms with Gasteiger partial charge in [0.25, 0.3) is 5.91 Å². The van der Waals surface area contributed by atoms with E-state index in [1.807, 2.05) is 0 Å². The summed E-state index contributed by atoms with van der Waals surface area (Å²) in [6.07, 6.45) is -0.895. The molecule has 1 fully saturated rings. The second kappa shape index (κ2) is 9.91. The third-order valence-corrected chi connectivity index (χ3v) is 8.05. The van der Waals surface area contributed by atoms with Gasteiger partial charge < -0.3 is 25.2 Å². The average Bonchev–Trinajstić information content (AvgIpc) is 3.34. The number of nitrogens with one attached hydrogen (secondary N) is 1. The Hall–Kier alpha value is -3.03. The Morgan fingerprint density at radius 3 is 2.60 bits per heavy atom. The van der Waals surface area contributed by atoms with Crippen LogP contribution in [0, 0.1) is 11.8 Å². The summed E-state index contributed by atoms with van der Waals surface area (Å²) >= 11 is 2.26. The van der Waals surface area contributed by atoms with Gasteiger partial charge >= 0.3 is 12.6 Å². The second-order valence-electron chi connectivity index (χ2n) is 8.08. The van der Waals surface area contributed by atoms with Gasteiger partial charge in [-0.3, -0.25) is 9.59 Å². The number of halogens is 2. The van der Waals surface area contributed by atoms with Gasteiger partial charge in [0, 0.05) is 22.7 Å². The fourth-order valence-electron chi connectivity index (χ4n) is 4.22. The lowest BCUT2D eigenvalue weighted by atomic mass is 9.79. The average molecular weight is 526 g/mol. The van der Waals surface area contributed by atoms with Crippen molar-refractivity contribution >= 4 is 40.9 Å². The van der Waals surface area contributed by atoms with Gasteiger partial charge in [-0.2, -0.15) is 8.78 Å². The molecule has 0 saturated carbocycles. The number of amides is 2. The molecule has 9 nitrogen and oxygen atoms in total. The standard InChI is InChI=1S/C22H21F2N3O6S2/c1-9-15-14(10(2)28)19(30)27(15)16(20(31)32)17(9)35-22-26-13(8-34-22)18(29)25-7-11-3-5-12(6-4-11)33-21(23)24/h3-6,8-10,14-15,21,28H,7H2,1-2H3,(H,25,29)(H,31,32)/t9-,10-,14-,15-/m1/s1. The smallest absolute Gasteiger partial charge is 0.387 e. The number of aliphatic carboxylic acids is 1. The van der Waals surface area contributed by atoms with E-state index >= 15 is 0 Å². The molecule has 3 heterocycles. The van der Waals surface area contributed by atoms with Gasteiger partial charge in [-0.1, -0.05) is 30.8 Å². The lowest BCUT2D eigenvalue weighted by molar-refractivity contribution is -0.163. The number of fused-ring (bicyclic) bond motifs is 1. The monoisotopic (exact) mass is 525 g/mol. The van der Waals surface area contributed by atoms with E-state index in [2.05, 4.69) is 15.0 Å². The number of carbonyl (C=O) groups excluding carboxylic acids is 2. The number of benzene rings is 1. The first kappa shape index (κ1) is 25.1. The molecule has 186 valence electrons. The molecule has 4 atom stereocenters. The molecule has 0 aliphatic carbocycles. The maximum Gasteiger partial charge on any atom is 0.387 e. The highest BCUT2D eigenvalue weighted by atomic mass is 32.2. The molecule has 1 aromatic heterocycles. The first-order valence-corrected chi connectivity index (χ1v) is 12.2. The van der Waals surface area contributed by atoms with Crippen molar-refractivity contribution in [1.29, 1.82) is 0 Å². The van der Waals surface area contributed by atoms with E-state index in [1.165, 1.54) is 29.3 Å². The molecular formula is C22H21F2N3O6S2. The van der Waals surface area contributed by atoms with Crippen molar-refractivity contribution in [1.82, 2.24) is 15.2 Å². The van der Waals surface area contributed by atoms with Crippen LogP contribution in [0.15, 0.2) is 44.6 Å². The maximum atomic E-state index is 12.5. The zero-order valence-corrected chi connectivity index (χ0v) is 20.1. The number of rotatable bonds is 9. The van der Waals surface area contributed by atoms with Crippen LogP contribution < -0.4 is 10.1 Å². The predicted molar refractivity (Wildman–Crippen MR) is 122 cm³/mol. The van der Waals surface area contributed by atoms with Crippen molar-refractivity contribution < 1.29 is 38.1 Å². The van der Waals surface area contributed by atoms with E-state index in [9.17, 15) is 33.4 Å². The zero-order valence-electron chi connectivity index (χ0n) is 18.5. The van der Waals surface area contributed by atoms with Crippen LogP contribution in [0.1, 0.15) is 29.9 Å². The number of thioether (sulfide) groups is 1. The molecule has 1 aromatic carbocycles. The second-order valence-corrected chi connectivity index (χ2v) is 10.2. The highest BCUT2D eigenvalue weighted by Crippen LogP contribution is 2.52. The summed E-state index contributed by atoms with van der Waals surface area (Å²) in [7, 11) is 0. The molecule has 2 aliphatic rings. The minimum absolute atomic E-state index is 0.0126. The summed E-state index contributed by atoms with van der Waals surface area (Å²) in [6, 6.07) is 5.41. The number of hydrogen-bond donors (Lipinski definition) is 3. The molecule has 0 radical (unpaired) electrons. The molecule has 0 spiro atoms. The molecule has 2 aromatic rings. The van der Waals surface area contributed by atoms with Crippen molar-refractivity contribution in [2.24, 2.45) is 11.8 Å². The third kappa shape index (κ3) is 4.88. The Balaban J connectivity index is 1.42. The summed E-state index contributed by atoms with van der Waals surface area (Å²) in [5.41, 5.74) is 0.692. The fourth-order valence-corrected chi connectivity index (χ4v) is 6.29. The summed E-state index contributed by atoms with van der Waals surface area (Å²) in [6.45, 7) is 0.532. The highest BCUT2D eigenvalue weighted by molar-refractivity contribution is 8.04. The summed E-state index contributed by atoms with van der Waals surface area (Å²) < 4.78 is 29.2. The van der Waals surface area contributed by atoms with Crippen LogP contribution in [0.2, 0.25) is 0 Å². The van der Waals surface area contributed by atoms with Crippen LogP contribution in [0.4, 0.5) is 8.78 Å². The van der Waals surface area contributed by atoms with E-state index in [1.54, 1.807) is 19.1 Å².